The summed E-state index contributed by atoms with van der Waals surface area (Å²) in [7, 11) is -1.17. The maximum atomic E-state index is 12.3. The lowest BCUT2D eigenvalue weighted by Gasteiger charge is -2.20. The van der Waals surface area contributed by atoms with E-state index < -0.39 is 10.8 Å². The highest BCUT2D eigenvalue weighted by Crippen LogP contribution is 2.28. The first-order chi connectivity index (χ1) is 13.2. The van der Waals surface area contributed by atoms with E-state index >= 15 is 0 Å². The van der Waals surface area contributed by atoms with Gasteiger partial charge >= 0.3 is 0 Å². The Morgan fingerprint density at radius 2 is 1.89 bits per heavy atom. The van der Waals surface area contributed by atoms with Crippen LogP contribution in [0.5, 0.6) is 0 Å². The summed E-state index contributed by atoms with van der Waals surface area (Å²) in [6, 6.07) is 12.7. The van der Waals surface area contributed by atoms with Crippen LogP contribution in [0.1, 0.15) is 54.8 Å². The fourth-order valence-electron chi connectivity index (χ4n) is 3.21. The summed E-state index contributed by atoms with van der Waals surface area (Å²) in [5.74, 6) is 2.01. The Morgan fingerprint density at radius 3 is 2.67 bits per heavy atom. The van der Waals surface area contributed by atoms with Gasteiger partial charge in [0.1, 0.15) is 5.76 Å². The van der Waals surface area contributed by atoms with Crippen LogP contribution < -0.4 is 5.32 Å². The Hall–Kier alpha value is -1.53. The Labute approximate surface area is 168 Å². The average Bonchev–Trinajstić information content (AvgIpc) is 3.17. The molecule has 0 spiro atoms. The molecule has 0 radical (unpaired) electrons. The monoisotopic (exact) mass is 405 g/mol. The van der Waals surface area contributed by atoms with Crippen molar-refractivity contribution in [1.29, 1.82) is 0 Å². The summed E-state index contributed by atoms with van der Waals surface area (Å²) in [5.41, 5.74) is 0. The molecule has 1 N–H and O–H groups in total. The van der Waals surface area contributed by atoms with E-state index in [0.717, 1.165) is 22.3 Å². The zero-order valence-corrected chi connectivity index (χ0v) is 17.2. The predicted molar refractivity (Wildman–Crippen MR) is 112 cm³/mol. The van der Waals surface area contributed by atoms with Crippen molar-refractivity contribution in [1.82, 2.24) is 5.32 Å². The lowest BCUT2D eigenvalue weighted by molar-refractivity contribution is 0.0924. The summed E-state index contributed by atoms with van der Waals surface area (Å²) in [5, 5.41) is 3.73. The molecule has 2 aromatic rings. The summed E-state index contributed by atoms with van der Waals surface area (Å²) in [4.78, 5) is 13.0. The third kappa shape index (κ3) is 6.54. The number of amides is 1. The smallest absolute Gasteiger partial charge is 0.286 e. The lowest BCUT2D eigenvalue weighted by Crippen LogP contribution is -2.24. The van der Waals surface area contributed by atoms with Crippen LogP contribution in [-0.2, 0) is 16.6 Å². The Balaban J connectivity index is 1.37. The molecule has 4 nitrogen and oxygen atoms in total. The van der Waals surface area contributed by atoms with Crippen molar-refractivity contribution in [2.24, 2.45) is 0 Å². The van der Waals surface area contributed by atoms with Gasteiger partial charge in [-0.15, -0.1) is 0 Å². The van der Waals surface area contributed by atoms with Crippen molar-refractivity contribution in [3.8, 4) is 0 Å². The number of hydrogen-bond acceptors (Lipinski definition) is 4. The van der Waals surface area contributed by atoms with E-state index in [9.17, 15) is 9.00 Å². The molecule has 0 aliphatic heterocycles. The van der Waals surface area contributed by atoms with Gasteiger partial charge < -0.3 is 9.73 Å². The number of hydrogen-bond donors (Lipinski definition) is 1. The van der Waals surface area contributed by atoms with Crippen molar-refractivity contribution in [2.45, 2.75) is 54.4 Å². The molecule has 1 heterocycles. The van der Waals surface area contributed by atoms with E-state index in [1.165, 1.54) is 32.1 Å². The molecule has 0 saturated heterocycles. The third-order valence-corrected chi connectivity index (χ3v) is 7.49. The van der Waals surface area contributed by atoms with Gasteiger partial charge in [-0.1, -0.05) is 37.5 Å². The van der Waals surface area contributed by atoms with Gasteiger partial charge in [0, 0.05) is 16.7 Å². The summed E-state index contributed by atoms with van der Waals surface area (Å²) in [6.45, 7) is 0.657. The van der Waals surface area contributed by atoms with Crippen LogP contribution in [0.4, 0.5) is 0 Å². The summed E-state index contributed by atoms with van der Waals surface area (Å²) in [6.07, 6.45) is 7.78. The number of carbonyl (C=O) groups is 1. The maximum Gasteiger partial charge on any atom is 0.286 e. The molecule has 6 heteroatoms. The van der Waals surface area contributed by atoms with Gasteiger partial charge in [0.05, 0.1) is 16.6 Å². The molecule has 1 aliphatic rings. The van der Waals surface area contributed by atoms with Gasteiger partial charge in [-0.05, 0) is 49.3 Å². The fourth-order valence-corrected chi connectivity index (χ4v) is 5.56. The van der Waals surface area contributed by atoms with Crippen LogP contribution in [0.25, 0.3) is 0 Å². The summed E-state index contributed by atoms with van der Waals surface area (Å²) < 4.78 is 17.9. The zero-order valence-electron chi connectivity index (χ0n) is 15.5. The van der Waals surface area contributed by atoms with E-state index in [1.807, 2.05) is 42.1 Å². The van der Waals surface area contributed by atoms with Gasteiger partial charge in [0.2, 0.25) is 0 Å². The van der Waals surface area contributed by atoms with Crippen LogP contribution in [0.3, 0.4) is 0 Å². The van der Waals surface area contributed by atoms with E-state index in [-0.39, 0.29) is 17.4 Å². The topological polar surface area (TPSA) is 59.3 Å². The molecule has 1 aliphatic carbocycles. The maximum absolute atomic E-state index is 12.3. The molecular weight excluding hydrogens is 378 g/mol. The fraction of sp³-hybridized carbons (Fsp3) is 0.476. The van der Waals surface area contributed by atoms with Gasteiger partial charge in [-0.3, -0.25) is 9.00 Å². The number of carbonyl (C=O) groups excluding carboxylic acids is 1. The zero-order chi connectivity index (χ0) is 18.9. The van der Waals surface area contributed by atoms with E-state index in [1.54, 1.807) is 12.1 Å². The average molecular weight is 406 g/mol. The van der Waals surface area contributed by atoms with Crippen molar-refractivity contribution >= 4 is 28.5 Å². The molecule has 1 fully saturated rings. The number of benzene rings is 1. The highest BCUT2D eigenvalue weighted by atomic mass is 32.2. The number of nitrogens with one attached hydrogen (secondary N) is 1. The Morgan fingerprint density at radius 1 is 1.11 bits per heavy atom. The van der Waals surface area contributed by atoms with Gasteiger partial charge in [0.25, 0.3) is 5.91 Å². The van der Waals surface area contributed by atoms with Crippen molar-refractivity contribution in [2.75, 3.05) is 12.3 Å². The summed E-state index contributed by atoms with van der Waals surface area (Å²) >= 11 is 2.05. The first-order valence-electron chi connectivity index (χ1n) is 9.64. The molecule has 1 amide bonds. The molecule has 27 heavy (non-hydrogen) atoms. The van der Waals surface area contributed by atoms with E-state index in [4.69, 9.17) is 4.42 Å². The van der Waals surface area contributed by atoms with E-state index in [2.05, 4.69) is 5.32 Å². The van der Waals surface area contributed by atoms with E-state index in [0.29, 0.717) is 12.3 Å². The van der Waals surface area contributed by atoms with Crippen molar-refractivity contribution in [3.05, 3.63) is 54.0 Å². The minimum atomic E-state index is -1.17. The van der Waals surface area contributed by atoms with Crippen LogP contribution in [0.15, 0.2) is 51.8 Å². The normalized spacial score (nSPS) is 16.1. The SMILES string of the molecule is O=C(NCCCSC1CCCCC1)c1ccc(CS(=O)c2ccccc2)o1. The molecule has 1 unspecified atom stereocenters. The van der Waals surface area contributed by atoms with Gasteiger partial charge in [0.15, 0.2) is 5.76 Å². The quantitative estimate of drug-likeness (QED) is 0.610. The molecule has 0 bridgehead atoms. The molecular formula is C21H27NO3S2. The molecule has 1 saturated carbocycles. The molecule has 1 aromatic heterocycles. The molecule has 146 valence electrons. The second-order valence-corrected chi connectivity index (χ2v) is 9.67. The standard InChI is InChI=1S/C21H27NO3S2/c23-21(22-14-7-15-26-18-8-3-1-4-9-18)20-13-12-17(25-20)16-27(24)19-10-5-2-6-11-19/h2,5-6,10-13,18H,1,3-4,7-9,14-16H2,(H,22,23). The van der Waals surface area contributed by atoms with Crippen LogP contribution in [-0.4, -0.2) is 27.7 Å². The second kappa shape index (κ2) is 10.7. The molecule has 1 atom stereocenters. The Kier molecular flexibility index (Phi) is 8.02. The highest BCUT2D eigenvalue weighted by Gasteiger charge is 2.15. The minimum absolute atomic E-state index is 0.200. The molecule has 1 aromatic carbocycles. The number of thioether (sulfide) groups is 1. The van der Waals surface area contributed by atoms with Crippen molar-refractivity contribution < 1.29 is 13.4 Å². The lowest BCUT2D eigenvalue weighted by atomic mass is 10.0. The van der Waals surface area contributed by atoms with Gasteiger partial charge in [-0.2, -0.15) is 11.8 Å². The number of furan rings is 1. The highest BCUT2D eigenvalue weighted by molar-refractivity contribution is 7.99. The largest absolute Gasteiger partial charge is 0.455 e. The number of rotatable bonds is 9. The van der Waals surface area contributed by atoms with Crippen molar-refractivity contribution in [3.63, 3.8) is 0 Å². The van der Waals surface area contributed by atoms with Gasteiger partial charge in [-0.25, -0.2) is 0 Å². The van der Waals surface area contributed by atoms with Crippen LogP contribution in [0.2, 0.25) is 0 Å². The predicted octanol–water partition coefficient (Wildman–Crippen LogP) is 4.77. The van der Waals surface area contributed by atoms with Crippen LogP contribution >= 0.6 is 11.8 Å². The molecule has 3 rings (SSSR count). The minimum Gasteiger partial charge on any atom is -0.455 e. The first-order valence-corrected chi connectivity index (χ1v) is 12.0. The second-order valence-electron chi connectivity index (χ2n) is 6.81. The first kappa shape index (κ1) is 20.2. The Bertz CT molecular complexity index is 739. The van der Waals surface area contributed by atoms with Crippen LogP contribution in [0, 0.1) is 0 Å². The third-order valence-electron chi connectivity index (χ3n) is 4.68.